The third-order valence-electron chi connectivity index (χ3n) is 7.22. The number of carbonyl (C=O) groups excluding carboxylic acids is 1. The molecule has 7 heteroatoms. The minimum Gasteiger partial charge on any atom is -0.489 e. The summed E-state index contributed by atoms with van der Waals surface area (Å²) >= 11 is 0. The van der Waals surface area contributed by atoms with E-state index in [0.29, 0.717) is 24.5 Å². The second kappa shape index (κ2) is 10.1. The number of amides is 1. The Kier molecular flexibility index (Phi) is 6.33. The summed E-state index contributed by atoms with van der Waals surface area (Å²) in [4.78, 5) is 22.8. The third-order valence-corrected chi connectivity index (χ3v) is 7.22. The van der Waals surface area contributed by atoms with Crippen LogP contribution in [0, 0.1) is 11.3 Å². The van der Waals surface area contributed by atoms with Crippen LogP contribution in [0.5, 0.6) is 5.75 Å². The van der Waals surface area contributed by atoms with Crippen LogP contribution in [-0.4, -0.2) is 53.2 Å². The first kappa shape index (κ1) is 23.3. The number of aromatic amines is 1. The summed E-state index contributed by atoms with van der Waals surface area (Å²) in [5.41, 5.74) is 5.78. The number of likely N-dealkylation sites (tertiary alicyclic amines) is 1. The van der Waals surface area contributed by atoms with Gasteiger partial charge in [0.1, 0.15) is 17.9 Å². The van der Waals surface area contributed by atoms with Gasteiger partial charge in [0, 0.05) is 59.9 Å². The Morgan fingerprint density at radius 2 is 1.78 bits per heavy atom. The maximum Gasteiger partial charge on any atom is 0.253 e. The second-order valence-corrected chi connectivity index (χ2v) is 9.63. The SMILES string of the molecule is N#Cc1cc(-c2nccc3[nH]c(-c4ccc(C(=O)N5CCCC5)cc4)cc23)ccc1OC1CCOCC1. The van der Waals surface area contributed by atoms with Gasteiger partial charge >= 0.3 is 0 Å². The average Bonchev–Trinajstić information content (AvgIpc) is 3.64. The molecule has 4 aromatic rings. The molecule has 0 bridgehead atoms. The molecule has 0 unspecified atom stereocenters. The van der Waals surface area contributed by atoms with Gasteiger partial charge in [0.2, 0.25) is 0 Å². The number of hydrogen-bond donors (Lipinski definition) is 1. The van der Waals surface area contributed by atoms with E-state index >= 15 is 0 Å². The predicted octanol–water partition coefficient (Wildman–Crippen LogP) is 5.56. The molecule has 0 saturated carbocycles. The van der Waals surface area contributed by atoms with Gasteiger partial charge in [-0.15, -0.1) is 0 Å². The molecule has 2 saturated heterocycles. The van der Waals surface area contributed by atoms with E-state index in [-0.39, 0.29) is 12.0 Å². The van der Waals surface area contributed by atoms with Crippen molar-refractivity contribution < 1.29 is 14.3 Å². The molecule has 2 aromatic heterocycles. The van der Waals surface area contributed by atoms with Gasteiger partial charge in [-0.25, -0.2) is 0 Å². The van der Waals surface area contributed by atoms with Gasteiger partial charge < -0.3 is 19.4 Å². The minimum absolute atomic E-state index is 0.0672. The lowest BCUT2D eigenvalue weighted by Gasteiger charge is -2.23. The first-order chi connectivity index (χ1) is 18.2. The molecule has 7 nitrogen and oxygen atoms in total. The molecule has 2 aliphatic heterocycles. The highest BCUT2D eigenvalue weighted by atomic mass is 16.5. The summed E-state index contributed by atoms with van der Waals surface area (Å²) < 4.78 is 11.5. The zero-order valence-corrected chi connectivity index (χ0v) is 20.6. The lowest BCUT2D eigenvalue weighted by Crippen LogP contribution is -2.27. The predicted molar refractivity (Wildman–Crippen MR) is 141 cm³/mol. The van der Waals surface area contributed by atoms with E-state index in [9.17, 15) is 10.1 Å². The van der Waals surface area contributed by atoms with E-state index in [1.165, 1.54) is 0 Å². The van der Waals surface area contributed by atoms with Crippen LogP contribution in [-0.2, 0) is 4.74 Å². The van der Waals surface area contributed by atoms with Gasteiger partial charge in [-0.1, -0.05) is 12.1 Å². The van der Waals surface area contributed by atoms with Crippen molar-refractivity contribution in [2.24, 2.45) is 0 Å². The Morgan fingerprint density at radius 3 is 2.54 bits per heavy atom. The number of nitrogens with zero attached hydrogens (tertiary/aromatic N) is 3. The lowest BCUT2D eigenvalue weighted by atomic mass is 10.0. The van der Waals surface area contributed by atoms with E-state index in [1.807, 2.05) is 53.4 Å². The molecule has 0 radical (unpaired) electrons. The fourth-order valence-corrected chi connectivity index (χ4v) is 5.18. The molecule has 0 aliphatic carbocycles. The van der Waals surface area contributed by atoms with Crippen molar-refractivity contribution in [1.29, 1.82) is 5.26 Å². The van der Waals surface area contributed by atoms with Crippen molar-refractivity contribution in [2.45, 2.75) is 31.8 Å². The topological polar surface area (TPSA) is 91.2 Å². The maximum absolute atomic E-state index is 12.7. The van der Waals surface area contributed by atoms with E-state index < -0.39 is 0 Å². The highest BCUT2D eigenvalue weighted by Gasteiger charge is 2.20. The van der Waals surface area contributed by atoms with Crippen molar-refractivity contribution in [3.8, 4) is 34.3 Å². The molecule has 2 aromatic carbocycles. The first-order valence-corrected chi connectivity index (χ1v) is 12.9. The number of ether oxygens (including phenoxy) is 2. The number of nitrogens with one attached hydrogen (secondary N) is 1. The summed E-state index contributed by atoms with van der Waals surface area (Å²) in [6, 6.07) is 19.8. The van der Waals surface area contributed by atoms with Crippen LogP contribution in [0.2, 0.25) is 0 Å². The Labute approximate surface area is 215 Å². The van der Waals surface area contributed by atoms with Crippen molar-refractivity contribution in [3.63, 3.8) is 0 Å². The Balaban J connectivity index is 1.28. The molecule has 37 heavy (non-hydrogen) atoms. The van der Waals surface area contributed by atoms with Crippen LogP contribution in [0.4, 0.5) is 0 Å². The lowest BCUT2D eigenvalue weighted by molar-refractivity contribution is 0.0254. The van der Waals surface area contributed by atoms with E-state index in [2.05, 4.69) is 22.1 Å². The molecule has 0 spiro atoms. The number of rotatable bonds is 5. The molecule has 186 valence electrons. The van der Waals surface area contributed by atoms with Crippen molar-refractivity contribution >= 4 is 16.8 Å². The zero-order chi connectivity index (χ0) is 25.2. The number of hydrogen-bond acceptors (Lipinski definition) is 5. The summed E-state index contributed by atoms with van der Waals surface area (Å²) in [5, 5.41) is 10.8. The quantitative estimate of drug-likeness (QED) is 0.394. The minimum atomic E-state index is 0.0672. The number of fused-ring (bicyclic) bond motifs is 1. The summed E-state index contributed by atoms with van der Waals surface area (Å²) in [6.07, 6.45) is 5.65. The van der Waals surface area contributed by atoms with Gasteiger partial charge in [-0.2, -0.15) is 5.26 Å². The van der Waals surface area contributed by atoms with Crippen LogP contribution >= 0.6 is 0 Å². The van der Waals surface area contributed by atoms with Crippen molar-refractivity contribution in [3.05, 3.63) is 71.9 Å². The van der Waals surface area contributed by atoms with E-state index in [0.717, 1.165) is 77.8 Å². The first-order valence-electron chi connectivity index (χ1n) is 12.9. The van der Waals surface area contributed by atoms with Gasteiger partial charge in [0.05, 0.1) is 24.5 Å². The summed E-state index contributed by atoms with van der Waals surface area (Å²) in [5.74, 6) is 0.702. The van der Waals surface area contributed by atoms with Gasteiger partial charge in [0.25, 0.3) is 5.91 Å². The Hall–Kier alpha value is -4.15. The van der Waals surface area contributed by atoms with E-state index in [4.69, 9.17) is 9.47 Å². The average molecular weight is 493 g/mol. The van der Waals surface area contributed by atoms with Crippen LogP contribution in [0.1, 0.15) is 41.6 Å². The summed E-state index contributed by atoms with van der Waals surface area (Å²) in [7, 11) is 0. The molecule has 1 N–H and O–H groups in total. The number of H-pyrrole nitrogens is 1. The molecular formula is C30H28N4O3. The van der Waals surface area contributed by atoms with Crippen LogP contribution in [0.25, 0.3) is 33.4 Å². The Morgan fingerprint density at radius 1 is 1.03 bits per heavy atom. The van der Waals surface area contributed by atoms with Crippen molar-refractivity contribution in [2.75, 3.05) is 26.3 Å². The molecule has 6 rings (SSSR count). The van der Waals surface area contributed by atoms with Gasteiger partial charge in [-0.05, 0) is 60.9 Å². The van der Waals surface area contributed by atoms with E-state index in [1.54, 1.807) is 6.20 Å². The van der Waals surface area contributed by atoms with Crippen LogP contribution < -0.4 is 4.74 Å². The number of aromatic nitrogens is 2. The standard InChI is InChI=1S/C30H28N4O3/c31-19-23-17-22(7-8-28(23)37-24-10-15-36-16-11-24)29-25-18-27(33-26(25)9-12-32-29)20-3-5-21(6-4-20)30(35)34-13-1-2-14-34/h3-9,12,17-18,24,33H,1-2,10-11,13-16H2. The van der Waals surface area contributed by atoms with Crippen LogP contribution in [0.3, 0.4) is 0 Å². The number of benzene rings is 2. The summed E-state index contributed by atoms with van der Waals surface area (Å²) in [6.45, 7) is 3.05. The number of pyridine rings is 1. The molecular weight excluding hydrogens is 464 g/mol. The molecule has 4 heterocycles. The molecule has 1 amide bonds. The van der Waals surface area contributed by atoms with Crippen molar-refractivity contribution in [1.82, 2.24) is 14.9 Å². The maximum atomic E-state index is 12.7. The second-order valence-electron chi connectivity index (χ2n) is 9.63. The Bertz CT molecular complexity index is 1470. The van der Waals surface area contributed by atoms with Gasteiger partial charge in [0.15, 0.2) is 0 Å². The smallest absolute Gasteiger partial charge is 0.253 e. The third kappa shape index (κ3) is 4.68. The fourth-order valence-electron chi connectivity index (χ4n) is 5.18. The monoisotopic (exact) mass is 492 g/mol. The number of nitriles is 1. The van der Waals surface area contributed by atoms with Crippen LogP contribution in [0.15, 0.2) is 60.8 Å². The number of carbonyl (C=O) groups is 1. The fraction of sp³-hybridized carbons (Fsp3) is 0.300. The largest absolute Gasteiger partial charge is 0.489 e. The highest BCUT2D eigenvalue weighted by Crippen LogP contribution is 2.33. The molecule has 2 fully saturated rings. The highest BCUT2D eigenvalue weighted by molar-refractivity contribution is 5.97. The zero-order valence-electron chi connectivity index (χ0n) is 20.6. The molecule has 0 atom stereocenters. The molecule has 2 aliphatic rings. The normalized spacial score (nSPS) is 16.1. The van der Waals surface area contributed by atoms with Gasteiger partial charge in [-0.3, -0.25) is 9.78 Å².